The van der Waals surface area contributed by atoms with Crippen LogP contribution in [0.1, 0.15) is 5.76 Å². The SMILES string of the molecule is C[NH+]1CCN(c2nc(NCc3ccco3)c3ccccc3n2)CC1. The van der Waals surface area contributed by atoms with Crippen LogP contribution in [0, 0.1) is 0 Å². The topological polar surface area (TPSA) is 58.6 Å². The number of piperazine rings is 1. The molecule has 0 spiro atoms. The maximum Gasteiger partial charge on any atom is 0.228 e. The van der Waals surface area contributed by atoms with Crippen molar-refractivity contribution in [2.45, 2.75) is 6.54 Å². The van der Waals surface area contributed by atoms with Gasteiger partial charge in [-0.25, -0.2) is 4.98 Å². The average Bonchev–Trinajstić information content (AvgIpc) is 3.13. The van der Waals surface area contributed by atoms with E-state index < -0.39 is 0 Å². The van der Waals surface area contributed by atoms with Crippen molar-refractivity contribution in [2.75, 3.05) is 43.4 Å². The predicted molar refractivity (Wildman–Crippen MR) is 94.4 cm³/mol. The molecule has 0 unspecified atom stereocenters. The molecule has 3 heterocycles. The lowest BCUT2D eigenvalue weighted by Gasteiger charge is -2.30. The van der Waals surface area contributed by atoms with Gasteiger partial charge >= 0.3 is 0 Å². The van der Waals surface area contributed by atoms with Gasteiger partial charge in [0.2, 0.25) is 5.95 Å². The van der Waals surface area contributed by atoms with E-state index in [4.69, 9.17) is 14.4 Å². The maximum atomic E-state index is 5.41. The lowest BCUT2D eigenvalue weighted by Crippen LogP contribution is -3.12. The molecule has 0 bridgehead atoms. The largest absolute Gasteiger partial charge is 0.467 e. The molecule has 0 saturated carbocycles. The second kappa shape index (κ2) is 6.49. The number of fused-ring (bicyclic) bond motifs is 1. The van der Waals surface area contributed by atoms with Gasteiger partial charge in [0, 0.05) is 5.39 Å². The van der Waals surface area contributed by atoms with E-state index in [9.17, 15) is 0 Å². The minimum absolute atomic E-state index is 0.611. The van der Waals surface area contributed by atoms with Gasteiger partial charge in [-0.3, -0.25) is 0 Å². The first-order chi connectivity index (χ1) is 11.8. The Balaban J connectivity index is 1.65. The smallest absolute Gasteiger partial charge is 0.228 e. The second-order valence-electron chi connectivity index (χ2n) is 6.27. The molecule has 2 N–H and O–H groups in total. The van der Waals surface area contributed by atoms with Crippen molar-refractivity contribution >= 4 is 22.7 Å². The molecule has 0 amide bonds. The Hall–Kier alpha value is -2.60. The fraction of sp³-hybridized carbons (Fsp3) is 0.333. The van der Waals surface area contributed by atoms with E-state index in [0.717, 1.165) is 54.6 Å². The summed E-state index contributed by atoms with van der Waals surface area (Å²) in [6.45, 7) is 4.82. The minimum Gasteiger partial charge on any atom is -0.467 e. The van der Waals surface area contributed by atoms with Gasteiger partial charge in [-0.1, -0.05) is 12.1 Å². The Labute approximate surface area is 141 Å². The fourth-order valence-corrected chi connectivity index (χ4v) is 3.01. The number of furan rings is 1. The van der Waals surface area contributed by atoms with E-state index in [1.165, 1.54) is 0 Å². The zero-order valence-electron chi connectivity index (χ0n) is 13.8. The highest BCUT2D eigenvalue weighted by Gasteiger charge is 2.20. The number of aromatic nitrogens is 2. The summed E-state index contributed by atoms with van der Waals surface area (Å²) in [7, 11) is 2.23. The van der Waals surface area contributed by atoms with Crippen LogP contribution in [-0.4, -0.2) is 43.2 Å². The van der Waals surface area contributed by atoms with Crippen molar-refractivity contribution in [3.05, 3.63) is 48.4 Å². The number of hydrogen-bond donors (Lipinski definition) is 2. The molecule has 1 aliphatic rings. The van der Waals surface area contributed by atoms with Crippen LogP contribution >= 0.6 is 0 Å². The number of rotatable bonds is 4. The normalized spacial score (nSPS) is 15.8. The molecule has 1 saturated heterocycles. The zero-order chi connectivity index (χ0) is 16.4. The quantitative estimate of drug-likeness (QED) is 0.754. The molecule has 6 nitrogen and oxygen atoms in total. The van der Waals surface area contributed by atoms with Crippen LogP contribution in [0.3, 0.4) is 0 Å². The third-order valence-corrected chi connectivity index (χ3v) is 4.50. The van der Waals surface area contributed by atoms with Gasteiger partial charge in [0.25, 0.3) is 0 Å². The van der Waals surface area contributed by atoms with E-state index in [0.29, 0.717) is 6.54 Å². The molecule has 1 aliphatic heterocycles. The zero-order valence-corrected chi connectivity index (χ0v) is 13.8. The lowest BCUT2D eigenvalue weighted by molar-refractivity contribution is -0.880. The van der Waals surface area contributed by atoms with Crippen LogP contribution in [-0.2, 0) is 6.54 Å². The summed E-state index contributed by atoms with van der Waals surface area (Å²) in [5, 5.41) is 4.44. The van der Waals surface area contributed by atoms with Crippen LogP contribution in [0.5, 0.6) is 0 Å². The summed E-state index contributed by atoms with van der Waals surface area (Å²) in [6, 6.07) is 12.0. The molecule has 0 radical (unpaired) electrons. The number of nitrogens with zero attached hydrogens (tertiary/aromatic N) is 3. The van der Waals surface area contributed by atoms with Gasteiger partial charge in [-0.2, -0.15) is 4.98 Å². The summed E-state index contributed by atoms with van der Waals surface area (Å²) in [6.07, 6.45) is 1.69. The minimum atomic E-state index is 0.611. The van der Waals surface area contributed by atoms with Crippen LogP contribution in [0.15, 0.2) is 47.1 Å². The molecule has 6 heteroatoms. The molecular weight excluding hydrogens is 302 g/mol. The lowest BCUT2D eigenvalue weighted by atomic mass is 10.2. The molecular formula is C18H22N5O+. The summed E-state index contributed by atoms with van der Waals surface area (Å²) < 4.78 is 5.41. The first-order valence-corrected chi connectivity index (χ1v) is 8.39. The van der Waals surface area contributed by atoms with E-state index >= 15 is 0 Å². The summed E-state index contributed by atoms with van der Waals surface area (Å²) in [4.78, 5) is 13.4. The average molecular weight is 324 g/mol. The Morgan fingerprint density at radius 3 is 2.75 bits per heavy atom. The Morgan fingerprint density at radius 2 is 1.96 bits per heavy atom. The van der Waals surface area contributed by atoms with Gasteiger partial charge in [0.15, 0.2) is 0 Å². The number of hydrogen-bond acceptors (Lipinski definition) is 5. The van der Waals surface area contributed by atoms with Crippen molar-refractivity contribution in [2.24, 2.45) is 0 Å². The molecule has 3 aromatic rings. The number of para-hydroxylation sites is 1. The molecule has 4 rings (SSSR count). The van der Waals surface area contributed by atoms with Gasteiger partial charge in [0.05, 0.1) is 51.6 Å². The Kier molecular flexibility index (Phi) is 4.04. The van der Waals surface area contributed by atoms with E-state index in [1.54, 1.807) is 11.2 Å². The Morgan fingerprint density at radius 1 is 1.12 bits per heavy atom. The summed E-state index contributed by atoms with van der Waals surface area (Å²) in [5.74, 6) is 2.56. The van der Waals surface area contributed by atoms with Crippen LogP contribution in [0.4, 0.5) is 11.8 Å². The first-order valence-electron chi connectivity index (χ1n) is 8.39. The van der Waals surface area contributed by atoms with Crippen molar-refractivity contribution in [3.63, 3.8) is 0 Å². The second-order valence-corrected chi connectivity index (χ2v) is 6.27. The summed E-state index contributed by atoms with van der Waals surface area (Å²) in [5.41, 5.74) is 0.968. The fourth-order valence-electron chi connectivity index (χ4n) is 3.01. The van der Waals surface area contributed by atoms with E-state index in [-0.39, 0.29) is 0 Å². The third-order valence-electron chi connectivity index (χ3n) is 4.50. The van der Waals surface area contributed by atoms with Crippen LogP contribution < -0.4 is 15.1 Å². The molecule has 124 valence electrons. The highest BCUT2D eigenvalue weighted by atomic mass is 16.3. The molecule has 24 heavy (non-hydrogen) atoms. The van der Waals surface area contributed by atoms with Crippen molar-refractivity contribution in [1.82, 2.24) is 9.97 Å². The van der Waals surface area contributed by atoms with Gasteiger partial charge in [-0.05, 0) is 24.3 Å². The number of likely N-dealkylation sites (N-methyl/N-ethyl adjacent to an activating group) is 1. The van der Waals surface area contributed by atoms with Gasteiger partial charge in [-0.15, -0.1) is 0 Å². The van der Waals surface area contributed by atoms with Crippen LogP contribution in [0.25, 0.3) is 10.9 Å². The monoisotopic (exact) mass is 324 g/mol. The summed E-state index contributed by atoms with van der Waals surface area (Å²) >= 11 is 0. The highest BCUT2D eigenvalue weighted by Crippen LogP contribution is 2.24. The standard InChI is InChI=1S/C18H21N5O/c1-22-8-10-23(11-9-22)18-20-16-7-3-2-6-15(16)17(21-18)19-13-14-5-4-12-24-14/h2-7,12H,8-11,13H2,1H3,(H,19,20,21)/p+1. The molecule has 0 atom stereocenters. The molecule has 1 fully saturated rings. The third kappa shape index (κ3) is 3.05. The number of nitrogens with one attached hydrogen (secondary N) is 2. The highest BCUT2D eigenvalue weighted by molar-refractivity contribution is 5.90. The van der Waals surface area contributed by atoms with Crippen molar-refractivity contribution < 1.29 is 9.32 Å². The molecule has 0 aliphatic carbocycles. The van der Waals surface area contributed by atoms with E-state index in [2.05, 4.69) is 23.3 Å². The number of quaternary nitrogens is 1. The van der Waals surface area contributed by atoms with Gasteiger partial charge < -0.3 is 19.5 Å². The molecule has 1 aromatic carbocycles. The molecule has 2 aromatic heterocycles. The number of anilines is 2. The predicted octanol–water partition coefficient (Wildman–Crippen LogP) is 1.17. The van der Waals surface area contributed by atoms with Crippen molar-refractivity contribution in [1.29, 1.82) is 0 Å². The Bertz CT molecular complexity index is 809. The van der Waals surface area contributed by atoms with E-state index in [1.807, 2.05) is 30.3 Å². The number of benzene rings is 1. The van der Waals surface area contributed by atoms with Gasteiger partial charge in [0.1, 0.15) is 11.6 Å². The van der Waals surface area contributed by atoms with Crippen molar-refractivity contribution in [3.8, 4) is 0 Å². The van der Waals surface area contributed by atoms with Crippen LogP contribution in [0.2, 0.25) is 0 Å². The maximum absolute atomic E-state index is 5.41. The first kappa shape index (κ1) is 15.0.